The molecule has 0 N–H and O–H groups in total. The first-order valence-electron chi connectivity index (χ1n) is 5.42. The van der Waals surface area contributed by atoms with Crippen molar-refractivity contribution in [3.8, 4) is 0 Å². The van der Waals surface area contributed by atoms with Gasteiger partial charge >= 0.3 is 17.9 Å². The molecule has 0 aromatic heterocycles. The first-order chi connectivity index (χ1) is 8.61. The number of hydrogen-bond donors (Lipinski definition) is 0. The van der Waals surface area contributed by atoms with Gasteiger partial charge in [0, 0.05) is 25.2 Å². The maximum Gasteiger partial charge on any atom is 0.331 e. The van der Waals surface area contributed by atoms with E-state index in [1.54, 1.807) is 0 Å². The topological polar surface area (TPSA) is 82.1 Å². The van der Waals surface area contributed by atoms with Crippen LogP contribution in [-0.4, -0.2) is 62.8 Å². The van der Waals surface area contributed by atoms with Crippen LogP contribution < -0.4 is 0 Å². The van der Waals surface area contributed by atoms with Crippen LogP contribution in [0.2, 0.25) is 0 Å². The van der Waals surface area contributed by atoms with Crippen LogP contribution in [0.4, 0.5) is 0 Å². The van der Waals surface area contributed by atoms with Gasteiger partial charge in [0.15, 0.2) is 0 Å². The van der Waals surface area contributed by atoms with E-state index in [1.807, 2.05) is 4.90 Å². The number of nitrogens with zero attached hydrogens (tertiary/aromatic N) is 1. The highest BCUT2D eigenvalue weighted by molar-refractivity contribution is 5.91. The average molecular weight is 294 g/mol. The third-order valence-corrected chi connectivity index (χ3v) is 2.23. The molecule has 7 nitrogen and oxygen atoms in total. The van der Waals surface area contributed by atoms with Gasteiger partial charge in [-0.05, 0) is 0 Å². The zero-order valence-electron chi connectivity index (χ0n) is 10.5. The molecule has 0 atom stereocenters. The van der Waals surface area contributed by atoms with Crippen LogP contribution in [0.5, 0.6) is 0 Å². The molecule has 0 radical (unpaired) electrons. The molecule has 0 bridgehead atoms. The summed E-state index contributed by atoms with van der Waals surface area (Å²) >= 11 is 0. The van der Waals surface area contributed by atoms with Crippen molar-refractivity contribution in [1.82, 2.24) is 4.90 Å². The first kappa shape index (κ1) is 17.4. The molecule has 0 amide bonds. The van der Waals surface area contributed by atoms with Crippen LogP contribution in [-0.2, 0) is 28.6 Å². The molecule has 0 spiro atoms. The van der Waals surface area contributed by atoms with Gasteiger partial charge in [0.25, 0.3) is 0 Å². The van der Waals surface area contributed by atoms with Crippen LogP contribution in [0.1, 0.15) is 0 Å². The lowest BCUT2D eigenvalue weighted by atomic mass is 10.4. The third kappa shape index (κ3) is 7.43. The van der Waals surface area contributed by atoms with E-state index in [0.29, 0.717) is 19.7 Å². The Hall–Kier alpha value is -1.60. The summed E-state index contributed by atoms with van der Waals surface area (Å²) in [5.41, 5.74) is 0. The van der Waals surface area contributed by atoms with Crippen molar-refractivity contribution in [1.29, 1.82) is 0 Å². The fourth-order valence-corrected chi connectivity index (χ4v) is 1.31. The van der Waals surface area contributed by atoms with Gasteiger partial charge in [-0.2, -0.15) is 0 Å². The molecule has 108 valence electrons. The summed E-state index contributed by atoms with van der Waals surface area (Å²) in [7, 11) is 1.22. The fraction of sp³-hybridized carbons (Fsp3) is 0.545. The Morgan fingerprint density at radius 2 is 2.05 bits per heavy atom. The minimum atomic E-state index is -0.625. The maximum atomic E-state index is 11.1. The first-order valence-corrected chi connectivity index (χ1v) is 5.42. The normalized spacial score (nSPS) is 15.5. The summed E-state index contributed by atoms with van der Waals surface area (Å²) in [4.78, 5) is 34.6. The number of esters is 3. The number of rotatable bonds is 5. The Labute approximate surface area is 116 Å². The predicted octanol–water partition coefficient (Wildman–Crippen LogP) is -0.461. The minimum Gasteiger partial charge on any atom is -0.466 e. The second-order valence-corrected chi connectivity index (χ2v) is 3.52. The van der Waals surface area contributed by atoms with Crippen molar-refractivity contribution in [2.75, 3.05) is 40.0 Å². The third-order valence-electron chi connectivity index (χ3n) is 2.23. The van der Waals surface area contributed by atoms with E-state index in [2.05, 4.69) is 4.74 Å². The quantitative estimate of drug-likeness (QED) is 0.385. The highest BCUT2D eigenvalue weighted by Gasteiger charge is 2.17. The largest absolute Gasteiger partial charge is 0.466 e. The minimum absolute atomic E-state index is 0. The van der Waals surface area contributed by atoms with E-state index in [4.69, 9.17) is 9.47 Å². The Morgan fingerprint density at radius 1 is 1.37 bits per heavy atom. The molecular formula is C11H16ClNO6. The van der Waals surface area contributed by atoms with Crippen molar-refractivity contribution < 1.29 is 28.6 Å². The molecule has 1 heterocycles. The Bertz CT molecular complexity index is 357. The van der Waals surface area contributed by atoms with Gasteiger partial charge in [-0.25, -0.2) is 9.59 Å². The molecule has 0 aromatic carbocycles. The predicted molar refractivity (Wildman–Crippen MR) is 66.8 cm³/mol. The second-order valence-electron chi connectivity index (χ2n) is 3.52. The molecule has 1 aliphatic heterocycles. The molecular weight excluding hydrogens is 278 g/mol. The van der Waals surface area contributed by atoms with E-state index in [1.165, 1.54) is 7.11 Å². The van der Waals surface area contributed by atoms with Gasteiger partial charge < -0.3 is 14.2 Å². The molecule has 1 fully saturated rings. The molecule has 1 aliphatic rings. The highest BCUT2D eigenvalue weighted by Crippen LogP contribution is 1.97. The van der Waals surface area contributed by atoms with Gasteiger partial charge in [-0.15, -0.1) is 12.4 Å². The summed E-state index contributed by atoms with van der Waals surface area (Å²) in [5.74, 6) is -1.52. The molecule has 1 rings (SSSR count). The molecule has 1 saturated heterocycles. The Morgan fingerprint density at radius 3 is 2.68 bits per heavy atom. The van der Waals surface area contributed by atoms with Crippen molar-refractivity contribution in [2.45, 2.75) is 0 Å². The van der Waals surface area contributed by atoms with E-state index < -0.39 is 11.9 Å². The number of halogens is 1. The zero-order chi connectivity index (χ0) is 13.4. The number of methoxy groups -OCH3 is 1. The van der Waals surface area contributed by atoms with E-state index in [0.717, 1.165) is 12.2 Å². The monoisotopic (exact) mass is 293 g/mol. The molecule has 0 unspecified atom stereocenters. The molecule has 0 saturated carbocycles. The Balaban J connectivity index is 0.00000324. The zero-order valence-corrected chi connectivity index (χ0v) is 11.3. The van der Waals surface area contributed by atoms with E-state index in [-0.39, 0.29) is 31.5 Å². The van der Waals surface area contributed by atoms with Gasteiger partial charge in [0.2, 0.25) is 0 Å². The lowest BCUT2D eigenvalue weighted by Crippen LogP contribution is -2.41. The second kappa shape index (κ2) is 9.35. The summed E-state index contributed by atoms with van der Waals surface area (Å²) < 4.78 is 13.9. The van der Waals surface area contributed by atoms with E-state index >= 15 is 0 Å². The smallest absolute Gasteiger partial charge is 0.331 e. The number of ether oxygens (including phenoxy) is 3. The van der Waals surface area contributed by atoms with Crippen LogP contribution in [0.15, 0.2) is 12.2 Å². The van der Waals surface area contributed by atoms with Crippen molar-refractivity contribution >= 4 is 30.3 Å². The van der Waals surface area contributed by atoms with Gasteiger partial charge in [-0.3, -0.25) is 9.69 Å². The van der Waals surface area contributed by atoms with Gasteiger partial charge in [0.1, 0.15) is 13.2 Å². The number of hydrogen-bond acceptors (Lipinski definition) is 7. The van der Waals surface area contributed by atoms with Crippen molar-refractivity contribution in [2.24, 2.45) is 0 Å². The summed E-state index contributed by atoms with van der Waals surface area (Å²) in [6, 6.07) is 0. The average Bonchev–Trinajstić information content (AvgIpc) is 2.36. The van der Waals surface area contributed by atoms with Gasteiger partial charge in [-0.1, -0.05) is 0 Å². The fourth-order valence-electron chi connectivity index (χ4n) is 1.31. The van der Waals surface area contributed by atoms with Crippen molar-refractivity contribution in [3.63, 3.8) is 0 Å². The lowest BCUT2D eigenvalue weighted by molar-refractivity contribution is -0.151. The molecule has 8 heteroatoms. The van der Waals surface area contributed by atoms with Crippen LogP contribution in [0.3, 0.4) is 0 Å². The molecule has 19 heavy (non-hydrogen) atoms. The van der Waals surface area contributed by atoms with Crippen LogP contribution in [0, 0.1) is 0 Å². The molecule has 0 aliphatic carbocycles. The number of carbonyl (C=O) groups excluding carboxylic acids is 3. The Kier molecular flexibility index (Phi) is 8.56. The van der Waals surface area contributed by atoms with Crippen LogP contribution in [0.25, 0.3) is 0 Å². The molecule has 0 aromatic rings. The number of morpholine rings is 1. The summed E-state index contributed by atoms with van der Waals surface area (Å²) in [5, 5.41) is 0. The summed E-state index contributed by atoms with van der Waals surface area (Å²) in [6.07, 6.45) is 1.98. The number of carbonyl (C=O) groups is 3. The SMILES string of the molecule is COC(=O)/C=C/C(=O)OCCN1CCOC(=O)C1.Cl. The lowest BCUT2D eigenvalue weighted by Gasteiger charge is -2.24. The van der Waals surface area contributed by atoms with Crippen LogP contribution >= 0.6 is 12.4 Å². The maximum absolute atomic E-state index is 11.1. The number of cyclic esters (lactones) is 1. The summed E-state index contributed by atoms with van der Waals surface area (Å²) in [6.45, 7) is 1.79. The van der Waals surface area contributed by atoms with Crippen molar-refractivity contribution in [3.05, 3.63) is 12.2 Å². The van der Waals surface area contributed by atoms with Gasteiger partial charge in [0.05, 0.1) is 13.7 Å². The highest BCUT2D eigenvalue weighted by atomic mass is 35.5. The standard InChI is InChI=1S/C11H15NO6.ClH/c1-16-9(13)2-3-10(14)17-6-4-12-5-7-18-11(15)8-12;/h2-3H,4-8H2,1H3;1H/b3-2+;. The van der Waals surface area contributed by atoms with E-state index in [9.17, 15) is 14.4 Å².